The lowest BCUT2D eigenvalue weighted by molar-refractivity contribution is -0.870. The van der Waals surface area contributed by atoms with Crippen LogP contribution in [0.2, 0.25) is 0 Å². The molecule has 0 aromatic carbocycles. The van der Waals surface area contributed by atoms with E-state index in [4.69, 9.17) is 13.8 Å². The van der Waals surface area contributed by atoms with Gasteiger partial charge in [-0.25, -0.2) is 4.57 Å². The average Bonchev–Trinajstić information content (AvgIpc) is 3.41. The summed E-state index contributed by atoms with van der Waals surface area (Å²) in [5.41, 5.74) is 0. The lowest BCUT2D eigenvalue weighted by Gasteiger charge is -2.27. The third-order valence-corrected chi connectivity index (χ3v) is 16.3. The lowest BCUT2D eigenvalue weighted by Crippen LogP contribution is -2.47. The van der Waals surface area contributed by atoms with Gasteiger partial charge in [0.25, 0.3) is 0 Å². The molecule has 0 fully saturated rings. The molecule has 0 aromatic rings. The summed E-state index contributed by atoms with van der Waals surface area (Å²) >= 11 is 0. The Kier molecular flexibility index (Phi) is 57.6. The molecule has 0 bridgehead atoms. The molecule has 3 atom stereocenters. The second kappa shape index (κ2) is 59.1. The van der Waals surface area contributed by atoms with E-state index in [0.29, 0.717) is 17.4 Å². The highest BCUT2D eigenvalue weighted by Gasteiger charge is 2.30. The number of carbonyl (C=O) groups excluding carboxylic acids is 2. The van der Waals surface area contributed by atoms with Crippen LogP contribution < -0.4 is 5.32 Å². The average molecular weight is 1130 g/mol. The third-order valence-electron chi connectivity index (χ3n) is 15.3. The number of allylic oxidation sites excluding steroid dienone is 7. The Bertz CT molecular complexity index is 1490. The number of likely N-dealkylation sites (N-methyl/N-ethyl adjacent to an activating group) is 1. The van der Waals surface area contributed by atoms with E-state index >= 15 is 0 Å². The van der Waals surface area contributed by atoms with Gasteiger partial charge in [-0.05, 0) is 51.0 Å². The van der Waals surface area contributed by atoms with Crippen LogP contribution in [0.25, 0.3) is 0 Å². The van der Waals surface area contributed by atoms with Crippen LogP contribution in [-0.4, -0.2) is 74.3 Å². The van der Waals surface area contributed by atoms with E-state index in [1.165, 1.54) is 218 Å². The molecule has 79 heavy (non-hydrogen) atoms. The molecule has 0 aliphatic heterocycles. The first-order valence-electron chi connectivity index (χ1n) is 34.0. The first-order valence-corrected chi connectivity index (χ1v) is 35.5. The van der Waals surface area contributed by atoms with Crippen molar-refractivity contribution in [1.29, 1.82) is 0 Å². The zero-order chi connectivity index (χ0) is 57.9. The fourth-order valence-electron chi connectivity index (χ4n) is 10.1. The van der Waals surface area contributed by atoms with Gasteiger partial charge in [0.1, 0.15) is 19.3 Å². The van der Waals surface area contributed by atoms with Crippen molar-refractivity contribution in [1.82, 2.24) is 5.32 Å². The number of hydrogen-bond donors (Lipinski definition) is 2. The molecule has 10 heteroatoms. The maximum atomic E-state index is 13.6. The van der Waals surface area contributed by atoms with Crippen LogP contribution in [0.15, 0.2) is 48.6 Å². The molecule has 0 saturated carbocycles. The zero-order valence-electron chi connectivity index (χ0n) is 53.1. The van der Waals surface area contributed by atoms with Gasteiger partial charge >= 0.3 is 13.8 Å². The molecule has 0 heterocycles. The monoisotopic (exact) mass is 1130 g/mol. The molecule has 0 rings (SSSR count). The zero-order valence-corrected chi connectivity index (χ0v) is 54.0. The van der Waals surface area contributed by atoms with Crippen molar-refractivity contribution in [2.24, 2.45) is 0 Å². The minimum atomic E-state index is -4.45. The van der Waals surface area contributed by atoms with E-state index in [0.717, 1.165) is 77.0 Å². The summed E-state index contributed by atoms with van der Waals surface area (Å²) in [6, 6.07) is -0.851. The van der Waals surface area contributed by atoms with Crippen LogP contribution in [0.5, 0.6) is 0 Å². The number of hydrogen-bond acceptors (Lipinski definition) is 6. The first-order chi connectivity index (χ1) is 38.4. The number of nitrogens with zero attached hydrogens (tertiary/aromatic N) is 1. The van der Waals surface area contributed by atoms with Crippen molar-refractivity contribution in [2.75, 3.05) is 40.9 Å². The predicted molar refractivity (Wildman–Crippen MR) is 342 cm³/mol. The number of phosphoric ester groups is 1. The van der Waals surface area contributed by atoms with Gasteiger partial charge in [-0.3, -0.25) is 18.6 Å². The summed E-state index contributed by atoms with van der Waals surface area (Å²) in [5, 5.41) is 3.06. The summed E-state index contributed by atoms with van der Waals surface area (Å²) in [5.74, 6) is -0.507. The number of esters is 1. The Morgan fingerprint density at radius 3 is 1.20 bits per heavy atom. The van der Waals surface area contributed by atoms with Gasteiger partial charge in [0.2, 0.25) is 5.91 Å². The fraction of sp³-hybridized carbons (Fsp3) is 0.855. The Morgan fingerprint density at radius 2 is 0.810 bits per heavy atom. The Labute approximate surface area is 490 Å². The number of ether oxygens (including phenoxy) is 1. The van der Waals surface area contributed by atoms with Crippen LogP contribution in [0.4, 0.5) is 0 Å². The highest BCUT2D eigenvalue weighted by atomic mass is 31.2. The molecule has 0 aliphatic rings. The predicted octanol–water partition coefficient (Wildman–Crippen LogP) is 21.2. The maximum absolute atomic E-state index is 13.6. The Balaban J connectivity index is 4.95. The molecular weight excluding hydrogens is 1000 g/mol. The summed E-state index contributed by atoms with van der Waals surface area (Å²) < 4.78 is 30.7. The van der Waals surface area contributed by atoms with Gasteiger partial charge in [0.15, 0.2) is 0 Å². The Hall–Kier alpha value is -2.03. The van der Waals surface area contributed by atoms with E-state index in [1.807, 2.05) is 33.3 Å². The van der Waals surface area contributed by atoms with Crippen molar-refractivity contribution in [3.63, 3.8) is 0 Å². The summed E-state index contributed by atoms with van der Waals surface area (Å²) in [6.07, 6.45) is 74.2. The SMILES string of the molecule is CC/C=C/C=C/C=C/CCCCCCCCCC(=O)OC(/C=C\CCCCCCCCCCC)C(COP(=O)(O)OCC[N+](C)(C)C)NC(=O)CCCCCCCCCCCCCCCCCCCCCCCCCCCCC. The van der Waals surface area contributed by atoms with Crippen molar-refractivity contribution in [3.05, 3.63) is 48.6 Å². The van der Waals surface area contributed by atoms with Crippen molar-refractivity contribution < 1.29 is 37.3 Å². The maximum Gasteiger partial charge on any atom is 0.472 e. The molecular formula is C69H132N2O7P+. The largest absolute Gasteiger partial charge is 0.472 e. The smallest absolute Gasteiger partial charge is 0.456 e. The second-order valence-electron chi connectivity index (χ2n) is 24.4. The third kappa shape index (κ3) is 60.4. The van der Waals surface area contributed by atoms with E-state index in [9.17, 15) is 19.0 Å². The van der Waals surface area contributed by atoms with Gasteiger partial charge in [-0.15, -0.1) is 0 Å². The first kappa shape index (κ1) is 77.0. The van der Waals surface area contributed by atoms with Crippen LogP contribution in [0.1, 0.15) is 329 Å². The molecule has 1 amide bonds. The van der Waals surface area contributed by atoms with Gasteiger partial charge < -0.3 is 19.4 Å². The fourth-order valence-corrected chi connectivity index (χ4v) is 10.9. The molecule has 0 aromatic heterocycles. The summed E-state index contributed by atoms with van der Waals surface area (Å²) in [4.78, 5) is 37.7. The van der Waals surface area contributed by atoms with Crippen molar-refractivity contribution >= 4 is 19.7 Å². The molecule has 464 valence electrons. The van der Waals surface area contributed by atoms with Gasteiger partial charge in [-0.1, -0.05) is 314 Å². The molecule has 0 spiro atoms. The number of rotatable bonds is 62. The van der Waals surface area contributed by atoms with E-state index in [2.05, 4.69) is 62.5 Å². The van der Waals surface area contributed by atoms with Crippen LogP contribution in [0, 0.1) is 0 Å². The molecule has 3 unspecified atom stereocenters. The topological polar surface area (TPSA) is 111 Å². The molecule has 0 saturated heterocycles. The highest BCUT2D eigenvalue weighted by Crippen LogP contribution is 2.43. The minimum Gasteiger partial charge on any atom is -0.456 e. The molecule has 0 radical (unpaired) electrons. The Morgan fingerprint density at radius 1 is 0.456 bits per heavy atom. The lowest BCUT2D eigenvalue weighted by atomic mass is 10.0. The van der Waals surface area contributed by atoms with Crippen LogP contribution in [-0.2, 0) is 27.9 Å². The van der Waals surface area contributed by atoms with E-state index < -0.39 is 20.0 Å². The number of amides is 1. The number of carbonyl (C=O) groups is 2. The van der Waals surface area contributed by atoms with E-state index in [-0.39, 0.29) is 31.5 Å². The van der Waals surface area contributed by atoms with Gasteiger partial charge in [-0.2, -0.15) is 0 Å². The normalized spacial score (nSPS) is 13.9. The number of unbranched alkanes of at least 4 members (excludes halogenated alkanes) is 42. The van der Waals surface area contributed by atoms with Gasteiger partial charge in [0.05, 0.1) is 33.8 Å². The molecule has 0 aliphatic carbocycles. The van der Waals surface area contributed by atoms with Crippen molar-refractivity contribution in [3.8, 4) is 0 Å². The summed E-state index contributed by atoms with van der Waals surface area (Å²) in [7, 11) is 1.50. The number of phosphoric acid groups is 1. The van der Waals surface area contributed by atoms with Crippen LogP contribution in [0.3, 0.4) is 0 Å². The quantitative estimate of drug-likeness (QED) is 0.0156. The number of nitrogens with one attached hydrogen (secondary N) is 1. The summed E-state index contributed by atoms with van der Waals surface area (Å²) in [6.45, 7) is 6.91. The van der Waals surface area contributed by atoms with E-state index in [1.54, 1.807) is 0 Å². The van der Waals surface area contributed by atoms with Crippen LogP contribution >= 0.6 is 7.82 Å². The number of quaternary nitrogens is 1. The minimum absolute atomic E-state index is 0.0393. The second-order valence-corrected chi connectivity index (χ2v) is 25.8. The highest BCUT2D eigenvalue weighted by molar-refractivity contribution is 7.47. The standard InChI is InChI=1S/C69H131N2O7P/c1-7-10-13-16-19-22-25-27-29-30-31-32-33-34-35-36-37-38-39-40-42-43-46-49-52-55-58-61-68(72)70-66(65-77-79(74,75)76-64-63-71(4,5)6)67(60-57-54-51-48-45-24-21-18-15-12-9-3)78-69(73)62-59-56-53-50-47-44-41-28-26-23-20-17-14-11-8-2/h11,14,17,20,23,26,57,60,66-67H,7-10,12-13,15-16,18-19,21-22,24-25,27-56,58-59,61-65H2,1-6H3,(H-,70,72,74,75)/p+1/b14-11+,20-17+,26-23+,60-57-. The molecule has 2 N–H and O–H groups in total. The molecule has 9 nitrogen and oxygen atoms in total. The van der Waals surface area contributed by atoms with Gasteiger partial charge in [0, 0.05) is 12.8 Å². The van der Waals surface area contributed by atoms with Crippen molar-refractivity contribution in [2.45, 2.75) is 341 Å².